The van der Waals surface area contributed by atoms with Gasteiger partial charge in [0.25, 0.3) is 0 Å². The zero-order valence-corrected chi connectivity index (χ0v) is 22.4. The lowest BCUT2D eigenvalue weighted by Gasteiger charge is -2.23. The van der Waals surface area contributed by atoms with Gasteiger partial charge in [-0.15, -0.1) is 0 Å². The Balaban J connectivity index is 1.75. The SMILES string of the molecule is CC1(N)C=CC(CCN(CCCCC(=O)O)Cc2ccc(C(=O)O)cc2)=C(OCc2ccccc2Cl)C=C1. The van der Waals surface area contributed by atoms with Crippen molar-refractivity contribution in [3.05, 3.63) is 106 Å². The van der Waals surface area contributed by atoms with Gasteiger partial charge < -0.3 is 20.7 Å². The Kier molecular flexibility index (Phi) is 10.7. The fourth-order valence-electron chi connectivity index (χ4n) is 4.07. The molecule has 1 unspecified atom stereocenters. The Labute approximate surface area is 228 Å². The third-order valence-corrected chi connectivity index (χ3v) is 6.68. The first-order chi connectivity index (χ1) is 18.1. The Morgan fingerprint density at radius 1 is 1.00 bits per heavy atom. The summed E-state index contributed by atoms with van der Waals surface area (Å²) in [5, 5.41) is 18.8. The van der Waals surface area contributed by atoms with Gasteiger partial charge in [-0.1, -0.05) is 60.2 Å². The second kappa shape index (κ2) is 14.0. The molecular formula is C30H35ClN2O5. The normalized spacial score (nSPS) is 17.1. The average molecular weight is 539 g/mol. The largest absolute Gasteiger partial charge is 0.489 e. The summed E-state index contributed by atoms with van der Waals surface area (Å²) in [7, 11) is 0. The monoisotopic (exact) mass is 538 g/mol. The summed E-state index contributed by atoms with van der Waals surface area (Å²) in [6.45, 7) is 4.27. The van der Waals surface area contributed by atoms with E-state index in [0.29, 0.717) is 44.1 Å². The number of benzene rings is 2. The maximum atomic E-state index is 11.2. The van der Waals surface area contributed by atoms with Gasteiger partial charge >= 0.3 is 11.9 Å². The van der Waals surface area contributed by atoms with Gasteiger partial charge in [0.05, 0.1) is 11.1 Å². The molecule has 2 aromatic carbocycles. The fourth-order valence-corrected chi connectivity index (χ4v) is 4.26. The van der Waals surface area contributed by atoms with E-state index in [1.807, 2.05) is 67.6 Å². The first-order valence-corrected chi connectivity index (χ1v) is 13.0. The molecule has 38 heavy (non-hydrogen) atoms. The van der Waals surface area contributed by atoms with E-state index in [2.05, 4.69) is 4.90 Å². The lowest BCUT2D eigenvalue weighted by atomic mass is 10.0. The van der Waals surface area contributed by atoms with Gasteiger partial charge in [0.2, 0.25) is 0 Å². The molecule has 0 spiro atoms. The third kappa shape index (κ3) is 9.49. The van der Waals surface area contributed by atoms with E-state index in [-0.39, 0.29) is 12.0 Å². The second-order valence-electron chi connectivity index (χ2n) is 9.68. The minimum atomic E-state index is -0.960. The van der Waals surface area contributed by atoms with Crippen LogP contribution in [0.1, 0.15) is 54.1 Å². The predicted molar refractivity (Wildman–Crippen MR) is 149 cm³/mol. The number of hydrogen-bond acceptors (Lipinski definition) is 5. The number of nitrogens with zero attached hydrogens (tertiary/aromatic N) is 1. The quantitative estimate of drug-likeness (QED) is 0.260. The summed E-state index contributed by atoms with van der Waals surface area (Å²) in [5.41, 5.74) is 8.87. The van der Waals surface area contributed by atoms with Crippen molar-refractivity contribution >= 4 is 23.5 Å². The lowest BCUT2D eigenvalue weighted by Crippen LogP contribution is -2.30. The van der Waals surface area contributed by atoms with E-state index < -0.39 is 17.5 Å². The van der Waals surface area contributed by atoms with Gasteiger partial charge in [-0.3, -0.25) is 9.69 Å². The number of carboxylic acid groups (broad SMARTS) is 2. The van der Waals surface area contributed by atoms with Crippen molar-refractivity contribution in [2.75, 3.05) is 13.1 Å². The molecule has 0 saturated heterocycles. The Bertz CT molecular complexity index is 1200. The molecule has 7 nitrogen and oxygen atoms in total. The number of ether oxygens (including phenoxy) is 1. The van der Waals surface area contributed by atoms with Crippen molar-refractivity contribution in [2.24, 2.45) is 5.73 Å². The third-order valence-electron chi connectivity index (χ3n) is 6.31. The number of carbonyl (C=O) groups is 2. The molecule has 1 aliphatic carbocycles. The zero-order chi connectivity index (χ0) is 27.5. The minimum absolute atomic E-state index is 0.134. The highest BCUT2D eigenvalue weighted by Gasteiger charge is 2.17. The molecule has 2 aromatic rings. The first-order valence-electron chi connectivity index (χ1n) is 12.7. The molecule has 202 valence electrons. The van der Waals surface area contributed by atoms with Gasteiger partial charge in [-0.2, -0.15) is 0 Å². The van der Waals surface area contributed by atoms with Gasteiger partial charge in [0, 0.05) is 30.1 Å². The molecule has 4 N–H and O–H groups in total. The highest BCUT2D eigenvalue weighted by Crippen LogP contribution is 2.24. The van der Waals surface area contributed by atoms with E-state index in [1.165, 1.54) is 0 Å². The highest BCUT2D eigenvalue weighted by atomic mass is 35.5. The number of rotatable bonds is 14. The number of carboxylic acids is 2. The van der Waals surface area contributed by atoms with Gasteiger partial charge in [-0.05, 0) is 68.1 Å². The standard InChI is InChI=1S/C30H35ClN2O5/c1-30(32)16-13-23(27(14-17-30)38-21-25-6-2-3-7-26(25)31)15-19-33(18-5-4-8-28(34)35)20-22-9-11-24(12-10-22)29(36)37/h2-3,6-7,9-14,16-17H,4-5,8,15,18-21,32H2,1H3,(H,34,35)(H,36,37). The van der Waals surface area contributed by atoms with Crippen LogP contribution in [0, 0.1) is 0 Å². The van der Waals surface area contributed by atoms with E-state index in [1.54, 1.807) is 12.1 Å². The number of aliphatic carboxylic acids is 1. The molecule has 0 amide bonds. The Morgan fingerprint density at radius 3 is 2.39 bits per heavy atom. The van der Waals surface area contributed by atoms with Crippen LogP contribution in [0.2, 0.25) is 5.02 Å². The van der Waals surface area contributed by atoms with E-state index in [9.17, 15) is 14.7 Å². The summed E-state index contributed by atoms with van der Waals surface area (Å²) in [5.74, 6) is -1.03. The number of hydrogen-bond donors (Lipinski definition) is 3. The van der Waals surface area contributed by atoms with Crippen LogP contribution in [0.25, 0.3) is 0 Å². The maximum absolute atomic E-state index is 11.2. The Morgan fingerprint density at radius 2 is 1.71 bits per heavy atom. The number of unbranched alkanes of at least 4 members (excludes halogenated alkanes) is 1. The lowest BCUT2D eigenvalue weighted by molar-refractivity contribution is -0.137. The molecule has 1 aliphatic rings. The van der Waals surface area contributed by atoms with Crippen LogP contribution in [0.4, 0.5) is 0 Å². The molecule has 0 saturated carbocycles. The van der Waals surface area contributed by atoms with Crippen LogP contribution >= 0.6 is 11.6 Å². The van der Waals surface area contributed by atoms with Crippen LogP contribution < -0.4 is 5.73 Å². The summed E-state index contributed by atoms with van der Waals surface area (Å²) < 4.78 is 6.21. The van der Waals surface area contributed by atoms with Crippen molar-refractivity contribution in [1.29, 1.82) is 0 Å². The average Bonchev–Trinajstić information content (AvgIpc) is 3.02. The molecule has 0 radical (unpaired) electrons. The van der Waals surface area contributed by atoms with Crippen LogP contribution in [0.5, 0.6) is 0 Å². The molecule has 3 rings (SSSR count). The van der Waals surface area contributed by atoms with Crippen molar-refractivity contribution in [3.8, 4) is 0 Å². The van der Waals surface area contributed by atoms with Crippen molar-refractivity contribution in [2.45, 2.75) is 51.3 Å². The molecule has 8 heteroatoms. The van der Waals surface area contributed by atoms with Gasteiger partial charge in [-0.25, -0.2) is 4.79 Å². The molecule has 0 aromatic heterocycles. The molecule has 0 heterocycles. The summed E-state index contributed by atoms with van der Waals surface area (Å²) in [6, 6.07) is 14.4. The van der Waals surface area contributed by atoms with Crippen LogP contribution in [0.3, 0.4) is 0 Å². The van der Waals surface area contributed by atoms with Crippen LogP contribution in [-0.2, 0) is 22.7 Å². The summed E-state index contributed by atoms with van der Waals surface area (Å²) in [4.78, 5) is 24.4. The van der Waals surface area contributed by atoms with Gasteiger partial charge in [0.1, 0.15) is 12.4 Å². The van der Waals surface area contributed by atoms with Crippen molar-refractivity contribution in [1.82, 2.24) is 4.90 Å². The molecule has 0 bridgehead atoms. The first kappa shape index (κ1) is 29.2. The number of aromatic carboxylic acids is 1. The summed E-state index contributed by atoms with van der Waals surface area (Å²) >= 11 is 6.32. The maximum Gasteiger partial charge on any atom is 0.335 e. The van der Waals surface area contributed by atoms with Crippen molar-refractivity contribution in [3.63, 3.8) is 0 Å². The minimum Gasteiger partial charge on any atom is -0.489 e. The number of halogens is 1. The Hall–Kier alpha value is -3.39. The van der Waals surface area contributed by atoms with Crippen LogP contribution in [0.15, 0.2) is 84.2 Å². The molecule has 0 fully saturated rings. The van der Waals surface area contributed by atoms with Gasteiger partial charge in [0.15, 0.2) is 0 Å². The fraction of sp³-hybridized carbons (Fsp3) is 0.333. The molecule has 0 aliphatic heterocycles. The molecular weight excluding hydrogens is 504 g/mol. The number of allylic oxidation sites excluding steroid dienone is 2. The highest BCUT2D eigenvalue weighted by molar-refractivity contribution is 6.31. The van der Waals surface area contributed by atoms with E-state index >= 15 is 0 Å². The second-order valence-corrected chi connectivity index (χ2v) is 10.1. The predicted octanol–water partition coefficient (Wildman–Crippen LogP) is 5.80. The van der Waals surface area contributed by atoms with E-state index in [4.69, 9.17) is 27.2 Å². The van der Waals surface area contributed by atoms with E-state index in [0.717, 1.165) is 28.9 Å². The zero-order valence-electron chi connectivity index (χ0n) is 21.6. The van der Waals surface area contributed by atoms with Crippen LogP contribution in [-0.4, -0.2) is 45.7 Å². The smallest absolute Gasteiger partial charge is 0.335 e. The summed E-state index contributed by atoms with van der Waals surface area (Å²) in [6.07, 6.45) is 9.92. The molecule has 1 atom stereocenters. The topological polar surface area (TPSA) is 113 Å². The number of nitrogens with two attached hydrogens (primary N) is 1. The van der Waals surface area contributed by atoms with Crippen molar-refractivity contribution < 1.29 is 24.5 Å².